The van der Waals surface area contributed by atoms with Gasteiger partial charge in [0.2, 0.25) is 0 Å². The molecule has 0 heterocycles. The van der Waals surface area contributed by atoms with Gasteiger partial charge in [-0.3, -0.25) is 4.79 Å². The van der Waals surface area contributed by atoms with Gasteiger partial charge in [0.05, 0.1) is 6.42 Å². The molecule has 0 bridgehead atoms. The van der Waals surface area contributed by atoms with E-state index in [4.69, 9.17) is 16.7 Å². The first-order chi connectivity index (χ1) is 7.22. The number of alkyl halides is 1. The van der Waals surface area contributed by atoms with Gasteiger partial charge in [0.1, 0.15) is 0 Å². The van der Waals surface area contributed by atoms with E-state index in [1.807, 2.05) is 36.4 Å². The molecule has 15 heavy (non-hydrogen) atoms. The van der Waals surface area contributed by atoms with E-state index in [1.165, 1.54) is 0 Å². The Kier molecular flexibility index (Phi) is 4.91. The summed E-state index contributed by atoms with van der Waals surface area (Å²) in [5, 5.41) is 8.64. The fourth-order valence-electron chi connectivity index (χ4n) is 1.26. The van der Waals surface area contributed by atoms with Crippen LogP contribution in [0.25, 0.3) is 6.08 Å². The molecule has 0 aromatic heterocycles. The van der Waals surface area contributed by atoms with Crippen LogP contribution in [0.5, 0.6) is 0 Å². The van der Waals surface area contributed by atoms with Crippen LogP contribution in [0.1, 0.15) is 17.5 Å². The average Bonchev–Trinajstić information content (AvgIpc) is 2.18. The fraction of sp³-hybridized carbons (Fsp3) is 0.250. The van der Waals surface area contributed by atoms with Crippen LogP contribution in [0.4, 0.5) is 0 Å². The minimum absolute atomic E-state index is 0.0667. The normalized spacial score (nSPS) is 10.7. The second-order valence-electron chi connectivity index (χ2n) is 3.20. The van der Waals surface area contributed by atoms with Crippen LogP contribution >= 0.6 is 11.6 Å². The third kappa shape index (κ3) is 4.66. The maximum absolute atomic E-state index is 10.5. The molecule has 0 fully saturated rings. The van der Waals surface area contributed by atoms with Gasteiger partial charge >= 0.3 is 5.97 Å². The predicted molar refractivity (Wildman–Crippen MR) is 62.2 cm³/mol. The molecule has 1 aromatic carbocycles. The maximum Gasteiger partial charge on any atom is 0.307 e. The monoisotopic (exact) mass is 224 g/mol. The van der Waals surface area contributed by atoms with Crippen LogP contribution in [-0.2, 0) is 11.2 Å². The zero-order valence-electron chi connectivity index (χ0n) is 8.32. The van der Waals surface area contributed by atoms with Crippen molar-refractivity contribution < 1.29 is 9.90 Å². The van der Waals surface area contributed by atoms with E-state index in [0.717, 1.165) is 17.5 Å². The SMILES string of the molecule is O=C(O)Cc1cccc(C=CCCCl)c1. The van der Waals surface area contributed by atoms with Gasteiger partial charge in [0.15, 0.2) is 0 Å². The molecule has 0 saturated heterocycles. The van der Waals surface area contributed by atoms with E-state index in [1.54, 1.807) is 0 Å². The molecule has 1 N–H and O–H groups in total. The van der Waals surface area contributed by atoms with Gasteiger partial charge < -0.3 is 5.11 Å². The van der Waals surface area contributed by atoms with Crippen molar-refractivity contribution in [3.8, 4) is 0 Å². The molecule has 0 unspecified atom stereocenters. The minimum Gasteiger partial charge on any atom is -0.481 e. The second-order valence-corrected chi connectivity index (χ2v) is 3.57. The zero-order valence-corrected chi connectivity index (χ0v) is 9.07. The Bertz CT molecular complexity index is 358. The highest BCUT2D eigenvalue weighted by molar-refractivity contribution is 6.17. The lowest BCUT2D eigenvalue weighted by Gasteiger charge is -1.98. The van der Waals surface area contributed by atoms with E-state index >= 15 is 0 Å². The van der Waals surface area contributed by atoms with Crippen LogP contribution in [-0.4, -0.2) is 17.0 Å². The molecule has 0 amide bonds. The van der Waals surface area contributed by atoms with Crippen molar-refractivity contribution in [3.63, 3.8) is 0 Å². The van der Waals surface area contributed by atoms with Gasteiger partial charge in [0.25, 0.3) is 0 Å². The number of carbonyl (C=O) groups is 1. The van der Waals surface area contributed by atoms with Crippen LogP contribution in [0.15, 0.2) is 30.3 Å². The first-order valence-corrected chi connectivity index (χ1v) is 5.29. The first-order valence-electron chi connectivity index (χ1n) is 4.75. The summed E-state index contributed by atoms with van der Waals surface area (Å²) < 4.78 is 0. The Morgan fingerprint density at radius 2 is 2.27 bits per heavy atom. The molecule has 0 aliphatic heterocycles. The fourth-order valence-corrected chi connectivity index (χ4v) is 1.39. The van der Waals surface area contributed by atoms with Crippen molar-refractivity contribution in [1.82, 2.24) is 0 Å². The number of halogens is 1. The van der Waals surface area contributed by atoms with Crippen molar-refractivity contribution in [2.75, 3.05) is 5.88 Å². The van der Waals surface area contributed by atoms with Gasteiger partial charge in [-0.05, 0) is 17.5 Å². The molecule has 1 rings (SSSR count). The first kappa shape index (κ1) is 11.8. The van der Waals surface area contributed by atoms with E-state index in [9.17, 15) is 4.79 Å². The summed E-state index contributed by atoms with van der Waals surface area (Å²) in [4.78, 5) is 10.5. The number of rotatable bonds is 5. The van der Waals surface area contributed by atoms with Crippen LogP contribution < -0.4 is 0 Å². The van der Waals surface area contributed by atoms with Crippen molar-refractivity contribution in [3.05, 3.63) is 41.5 Å². The number of hydrogen-bond donors (Lipinski definition) is 1. The molecule has 0 saturated carbocycles. The predicted octanol–water partition coefficient (Wildman–Crippen LogP) is 2.96. The lowest BCUT2D eigenvalue weighted by atomic mass is 10.1. The molecule has 3 heteroatoms. The standard InChI is InChI=1S/C12H13ClO2/c13-7-2-1-4-10-5-3-6-11(8-10)9-12(14)15/h1,3-6,8H,2,7,9H2,(H,14,15). The summed E-state index contributed by atoms with van der Waals surface area (Å²) in [5.74, 6) is -0.206. The third-order valence-electron chi connectivity index (χ3n) is 1.89. The topological polar surface area (TPSA) is 37.3 Å². The highest BCUT2D eigenvalue weighted by Crippen LogP contribution is 2.08. The lowest BCUT2D eigenvalue weighted by Crippen LogP contribution is -1.99. The summed E-state index contributed by atoms with van der Waals surface area (Å²) in [5.41, 5.74) is 1.83. The molecule has 0 aliphatic carbocycles. The third-order valence-corrected chi connectivity index (χ3v) is 2.11. The Morgan fingerprint density at radius 1 is 1.47 bits per heavy atom. The van der Waals surface area contributed by atoms with Gasteiger partial charge in [-0.25, -0.2) is 0 Å². The average molecular weight is 225 g/mol. The Labute approximate surface area is 94.2 Å². The summed E-state index contributed by atoms with van der Waals surface area (Å²) in [7, 11) is 0. The largest absolute Gasteiger partial charge is 0.481 e. The Balaban J connectivity index is 2.69. The quantitative estimate of drug-likeness (QED) is 0.781. The van der Waals surface area contributed by atoms with Gasteiger partial charge in [-0.15, -0.1) is 11.6 Å². The summed E-state index contributed by atoms with van der Waals surface area (Å²) in [6.45, 7) is 0. The molecule has 0 spiro atoms. The van der Waals surface area contributed by atoms with E-state index < -0.39 is 5.97 Å². The van der Waals surface area contributed by atoms with E-state index in [0.29, 0.717) is 5.88 Å². The number of hydrogen-bond acceptors (Lipinski definition) is 1. The molecular weight excluding hydrogens is 212 g/mol. The maximum atomic E-state index is 10.5. The summed E-state index contributed by atoms with van der Waals surface area (Å²) in [6, 6.07) is 7.49. The van der Waals surface area contributed by atoms with Gasteiger partial charge in [-0.2, -0.15) is 0 Å². The molecule has 0 atom stereocenters. The van der Waals surface area contributed by atoms with Crippen molar-refractivity contribution in [2.45, 2.75) is 12.8 Å². The van der Waals surface area contributed by atoms with Crippen LogP contribution in [0.2, 0.25) is 0 Å². The second kappa shape index (κ2) is 6.25. The van der Waals surface area contributed by atoms with Gasteiger partial charge in [0, 0.05) is 5.88 Å². The molecule has 1 aromatic rings. The Hall–Kier alpha value is -1.28. The lowest BCUT2D eigenvalue weighted by molar-refractivity contribution is -0.136. The van der Waals surface area contributed by atoms with E-state index in [-0.39, 0.29) is 6.42 Å². The number of carboxylic acid groups (broad SMARTS) is 1. The van der Waals surface area contributed by atoms with E-state index in [2.05, 4.69) is 0 Å². The zero-order chi connectivity index (χ0) is 11.1. The highest BCUT2D eigenvalue weighted by Gasteiger charge is 1.99. The molecule has 0 radical (unpaired) electrons. The Morgan fingerprint density at radius 3 is 2.93 bits per heavy atom. The van der Waals surface area contributed by atoms with Crippen molar-refractivity contribution in [1.29, 1.82) is 0 Å². The molecular formula is C12H13ClO2. The molecule has 0 aliphatic rings. The van der Waals surface area contributed by atoms with Crippen LogP contribution in [0.3, 0.4) is 0 Å². The summed E-state index contributed by atoms with van der Waals surface area (Å²) in [6.07, 6.45) is 4.82. The van der Waals surface area contributed by atoms with Gasteiger partial charge in [-0.1, -0.05) is 36.4 Å². The number of benzene rings is 1. The molecule has 2 nitrogen and oxygen atoms in total. The van der Waals surface area contributed by atoms with Crippen molar-refractivity contribution in [2.24, 2.45) is 0 Å². The molecule has 80 valence electrons. The van der Waals surface area contributed by atoms with Crippen LogP contribution in [0, 0.1) is 0 Å². The smallest absolute Gasteiger partial charge is 0.307 e. The number of carboxylic acids is 1. The number of allylic oxidation sites excluding steroid dienone is 1. The minimum atomic E-state index is -0.808. The summed E-state index contributed by atoms with van der Waals surface area (Å²) >= 11 is 5.54. The van der Waals surface area contributed by atoms with Crippen molar-refractivity contribution >= 4 is 23.6 Å². The number of aliphatic carboxylic acids is 1. The highest BCUT2D eigenvalue weighted by atomic mass is 35.5.